The van der Waals surface area contributed by atoms with Crippen LogP contribution in [-0.2, 0) is 14.4 Å². The maximum atomic E-state index is 14.0. The Morgan fingerprint density at radius 3 is 2.62 bits per heavy atom. The van der Waals surface area contributed by atoms with Crippen LogP contribution < -0.4 is 10.2 Å². The van der Waals surface area contributed by atoms with Crippen LogP contribution in [0.25, 0.3) is 0 Å². The van der Waals surface area contributed by atoms with Gasteiger partial charge in [0.25, 0.3) is 0 Å². The van der Waals surface area contributed by atoms with Gasteiger partial charge in [-0.05, 0) is 30.5 Å². The fourth-order valence-electron chi connectivity index (χ4n) is 3.32. The van der Waals surface area contributed by atoms with Crippen LogP contribution in [-0.4, -0.2) is 49.0 Å². The lowest BCUT2D eigenvalue weighted by molar-refractivity contribution is -0.137. The van der Waals surface area contributed by atoms with Crippen LogP contribution in [0.3, 0.4) is 0 Å². The third kappa shape index (κ3) is 4.76. The summed E-state index contributed by atoms with van der Waals surface area (Å²) in [6.07, 6.45) is 1.91. The molecule has 1 N–H and O–H groups in total. The van der Waals surface area contributed by atoms with Crippen molar-refractivity contribution in [2.75, 3.05) is 36.6 Å². The molecule has 3 rings (SSSR count). The largest absolute Gasteiger partial charge is 0.336 e. The summed E-state index contributed by atoms with van der Waals surface area (Å²) in [5.41, 5.74) is 0.856. The first kappa shape index (κ1) is 20.9. The summed E-state index contributed by atoms with van der Waals surface area (Å²) in [5.74, 6) is -2.06. The average molecular weight is 415 g/mol. The van der Waals surface area contributed by atoms with E-state index in [9.17, 15) is 18.8 Å². The number of benzene rings is 2. The molecule has 3 amide bonds. The lowest BCUT2D eigenvalue weighted by Crippen LogP contribution is -2.39. The molecule has 0 aliphatic carbocycles. The van der Waals surface area contributed by atoms with Gasteiger partial charge in [-0.3, -0.25) is 14.4 Å². The van der Waals surface area contributed by atoms with Crippen LogP contribution in [0, 0.1) is 11.7 Å². The van der Waals surface area contributed by atoms with Gasteiger partial charge >= 0.3 is 0 Å². The number of carbonyl (C=O) groups is 3. The number of hydrogen-bond acceptors (Lipinski definition) is 4. The summed E-state index contributed by atoms with van der Waals surface area (Å²) in [4.78, 5) is 40.9. The maximum absolute atomic E-state index is 14.0. The van der Waals surface area contributed by atoms with Gasteiger partial charge in [-0.25, -0.2) is 4.39 Å². The highest BCUT2D eigenvalue weighted by atomic mass is 32.2. The molecule has 0 unspecified atom stereocenters. The normalized spacial score (nSPS) is 16.0. The lowest BCUT2D eigenvalue weighted by atomic mass is 10.1. The second-order valence-corrected chi connectivity index (χ2v) is 7.65. The van der Waals surface area contributed by atoms with Crippen molar-refractivity contribution in [3.63, 3.8) is 0 Å². The molecule has 0 saturated carbocycles. The molecule has 2 aromatic rings. The zero-order valence-electron chi connectivity index (χ0n) is 16.2. The first-order valence-corrected chi connectivity index (χ1v) is 10.4. The molecular weight excluding hydrogens is 393 g/mol. The van der Waals surface area contributed by atoms with Crippen molar-refractivity contribution in [2.45, 2.75) is 11.3 Å². The first-order valence-electron chi connectivity index (χ1n) is 9.13. The van der Waals surface area contributed by atoms with E-state index in [4.69, 9.17) is 0 Å². The van der Waals surface area contributed by atoms with Crippen LogP contribution in [0.15, 0.2) is 53.4 Å². The number of hydrogen-bond donors (Lipinski definition) is 1. The highest BCUT2D eigenvalue weighted by molar-refractivity contribution is 7.98. The minimum atomic E-state index is -0.613. The molecule has 0 bridgehead atoms. The van der Waals surface area contributed by atoms with Crippen molar-refractivity contribution in [2.24, 2.45) is 5.92 Å². The second-order valence-electron chi connectivity index (χ2n) is 6.80. The Morgan fingerprint density at radius 1 is 1.21 bits per heavy atom. The summed E-state index contributed by atoms with van der Waals surface area (Å²) in [7, 11) is 1.53. The lowest BCUT2D eigenvalue weighted by Gasteiger charge is -2.21. The van der Waals surface area contributed by atoms with Crippen molar-refractivity contribution < 1.29 is 18.8 Å². The fourth-order valence-corrected chi connectivity index (χ4v) is 3.87. The molecule has 29 heavy (non-hydrogen) atoms. The van der Waals surface area contributed by atoms with Crippen molar-refractivity contribution in [1.82, 2.24) is 4.90 Å². The number of likely N-dealkylation sites (N-methyl/N-ethyl adjacent to an activating group) is 1. The predicted molar refractivity (Wildman–Crippen MR) is 111 cm³/mol. The zero-order chi connectivity index (χ0) is 21.0. The topological polar surface area (TPSA) is 69.7 Å². The number of thioether (sulfide) groups is 1. The summed E-state index contributed by atoms with van der Waals surface area (Å²) in [6.45, 7) is -0.0359. The minimum absolute atomic E-state index is 0.00552. The number of nitrogens with zero attached hydrogens (tertiary/aromatic N) is 2. The molecule has 2 aromatic carbocycles. The standard InChI is InChI=1S/C21H22FN3O3S/c1-24(13-19(26)23-16-8-4-6-10-18(16)29-2)21(28)14-11-20(27)25(12-14)17-9-5-3-7-15(17)22/h3-10,14H,11-13H2,1-2H3,(H,23,26)/t14-/m1/s1. The maximum Gasteiger partial charge on any atom is 0.244 e. The van der Waals surface area contributed by atoms with Gasteiger partial charge in [0, 0.05) is 24.9 Å². The van der Waals surface area contributed by atoms with E-state index in [1.807, 2.05) is 24.5 Å². The number of rotatable bonds is 6. The van der Waals surface area contributed by atoms with Gasteiger partial charge in [-0.15, -0.1) is 11.8 Å². The number of carbonyl (C=O) groups excluding carboxylic acids is 3. The quantitative estimate of drug-likeness (QED) is 0.737. The number of nitrogens with one attached hydrogen (secondary N) is 1. The summed E-state index contributed by atoms with van der Waals surface area (Å²) < 4.78 is 14.0. The Balaban J connectivity index is 1.61. The molecule has 1 aliphatic rings. The van der Waals surface area contributed by atoms with E-state index in [0.717, 1.165) is 4.90 Å². The fraction of sp³-hybridized carbons (Fsp3) is 0.286. The number of amides is 3. The molecule has 152 valence electrons. The highest BCUT2D eigenvalue weighted by Gasteiger charge is 2.37. The SMILES string of the molecule is CSc1ccccc1NC(=O)CN(C)C(=O)[C@@H]1CC(=O)N(c2ccccc2F)C1. The molecule has 0 spiro atoms. The van der Waals surface area contributed by atoms with Crippen molar-refractivity contribution >= 4 is 40.9 Å². The third-order valence-corrected chi connectivity index (χ3v) is 5.55. The third-order valence-electron chi connectivity index (χ3n) is 4.76. The molecule has 6 nitrogen and oxygen atoms in total. The van der Waals surface area contributed by atoms with E-state index < -0.39 is 11.7 Å². The van der Waals surface area contributed by atoms with Crippen LogP contribution in [0.2, 0.25) is 0 Å². The van der Waals surface area contributed by atoms with Crippen molar-refractivity contribution in [1.29, 1.82) is 0 Å². The van der Waals surface area contributed by atoms with E-state index in [1.165, 1.54) is 40.7 Å². The molecule has 8 heteroatoms. The number of anilines is 2. The second kappa shape index (κ2) is 9.09. The first-order chi connectivity index (χ1) is 13.9. The molecular formula is C21H22FN3O3S. The van der Waals surface area contributed by atoms with E-state index in [2.05, 4.69) is 5.32 Å². The number of halogens is 1. The smallest absolute Gasteiger partial charge is 0.244 e. The Bertz CT molecular complexity index is 937. The van der Waals surface area contributed by atoms with Gasteiger partial charge in [-0.2, -0.15) is 0 Å². The van der Waals surface area contributed by atoms with Gasteiger partial charge in [0.15, 0.2) is 0 Å². The average Bonchev–Trinajstić information content (AvgIpc) is 3.09. The minimum Gasteiger partial charge on any atom is -0.336 e. The van der Waals surface area contributed by atoms with Gasteiger partial charge in [0.1, 0.15) is 5.82 Å². The Labute approximate surface area is 173 Å². The zero-order valence-corrected chi connectivity index (χ0v) is 17.0. The van der Waals surface area contributed by atoms with Crippen molar-refractivity contribution in [3.8, 4) is 0 Å². The van der Waals surface area contributed by atoms with Gasteiger partial charge in [0.2, 0.25) is 17.7 Å². The van der Waals surface area contributed by atoms with Crippen LogP contribution in [0.4, 0.5) is 15.8 Å². The van der Waals surface area contributed by atoms with Crippen LogP contribution in [0.5, 0.6) is 0 Å². The Kier molecular flexibility index (Phi) is 6.53. The molecule has 1 heterocycles. The summed E-state index contributed by atoms with van der Waals surface area (Å²) in [5, 5.41) is 2.81. The molecule has 1 fully saturated rings. The number of para-hydroxylation sites is 2. The van der Waals surface area contributed by atoms with Gasteiger partial charge < -0.3 is 15.1 Å². The molecule has 1 aliphatic heterocycles. The van der Waals surface area contributed by atoms with Crippen molar-refractivity contribution in [3.05, 3.63) is 54.3 Å². The van der Waals surface area contributed by atoms with Gasteiger partial charge in [-0.1, -0.05) is 24.3 Å². The van der Waals surface area contributed by atoms with Gasteiger partial charge in [0.05, 0.1) is 23.8 Å². The van der Waals surface area contributed by atoms with Crippen LogP contribution >= 0.6 is 11.8 Å². The highest BCUT2D eigenvalue weighted by Crippen LogP contribution is 2.28. The Morgan fingerprint density at radius 2 is 1.90 bits per heavy atom. The van der Waals surface area contributed by atoms with E-state index in [-0.39, 0.29) is 42.9 Å². The van der Waals surface area contributed by atoms with E-state index in [1.54, 1.807) is 18.2 Å². The molecule has 1 atom stereocenters. The molecule has 0 aromatic heterocycles. The van der Waals surface area contributed by atoms with E-state index in [0.29, 0.717) is 5.69 Å². The Hall–Kier alpha value is -2.87. The molecule has 1 saturated heterocycles. The van der Waals surface area contributed by atoms with Crippen LogP contribution in [0.1, 0.15) is 6.42 Å². The molecule has 0 radical (unpaired) electrons. The van der Waals surface area contributed by atoms with E-state index >= 15 is 0 Å². The monoisotopic (exact) mass is 415 g/mol. The summed E-state index contributed by atoms with van der Waals surface area (Å²) in [6, 6.07) is 13.4. The summed E-state index contributed by atoms with van der Waals surface area (Å²) >= 11 is 1.51. The predicted octanol–water partition coefficient (Wildman–Crippen LogP) is 3.00.